The first-order valence-electron chi connectivity index (χ1n) is 6.04. The van der Waals surface area contributed by atoms with Crippen molar-refractivity contribution in [3.63, 3.8) is 0 Å². The van der Waals surface area contributed by atoms with Crippen LogP contribution < -0.4 is 26.7 Å². The van der Waals surface area contributed by atoms with Crippen molar-refractivity contribution in [3.05, 3.63) is 42.5 Å². The monoisotopic (exact) mass is 244 g/mol. The Bertz CT molecular complexity index is 525. The quantitative estimate of drug-likeness (QED) is 0.648. The normalized spacial score (nSPS) is 16.2. The fourth-order valence-electron chi connectivity index (χ4n) is 1.98. The Hall–Kier alpha value is -1.66. The lowest BCUT2D eigenvalue weighted by Crippen LogP contribution is -2.35. The summed E-state index contributed by atoms with van der Waals surface area (Å²) in [5.74, 6) is 0.910. The van der Waals surface area contributed by atoms with Crippen LogP contribution in [0.1, 0.15) is 6.42 Å². The average molecular weight is 244 g/mol. The van der Waals surface area contributed by atoms with E-state index in [1.807, 2.05) is 18.2 Å². The van der Waals surface area contributed by atoms with Crippen LogP contribution in [0.25, 0.3) is 10.8 Å². The second-order valence-corrected chi connectivity index (χ2v) is 4.24. The molecule has 2 aromatic rings. The van der Waals surface area contributed by atoms with E-state index in [0.29, 0.717) is 6.61 Å². The first kappa shape index (κ1) is 11.4. The van der Waals surface area contributed by atoms with Gasteiger partial charge in [-0.1, -0.05) is 30.3 Å². The summed E-state index contributed by atoms with van der Waals surface area (Å²) >= 11 is 0. The average Bonchev–Trinajstić information content (AvgIpc) is 2.92. The number of hydrogen-bond acceptors (Lipinski definition) is 5. The lowest BCUT2D eigenvalue weighted by atomic mass is 10.1. The molecule has 5 heteroatoms. The molecule has 1 aliphatic heterocycles. The van der Waals surface area contributed by atoms with E-state index < -0.39 is 0 Å². The zero-order valence-electron chi connectivity index (χ0n) is 9.94. The maximum Gasteiger partial charge on any atom is 0.119 e. The predicted molar refractivity (Wildman–Crippen MR) is 70.4 cm³/mol. The van der Waals surface area contributed by atoms with Gasteiger partial charge in [-0.25, -0.2) is 10.9 Å². The minimum absolute atomic E-state index is 0.186. The molecular formula is C13H16N4O. The van der Waals surface area contributed by atoms with Crippen LogP contribution in [0.5, 0.6) is 5.75 Å². The molecule has 1 heterocycles. The molecule has 4 N–H and O–H groups in total. The molecule has 3 rings (SSSR count). The Morgan fingerprint density at radius 2 is 1.72 bits per heavy atom. The maximum absolute atomic E-state index is 5.74. The van der Waals surface area contributed by atoms with E-state index >= 15 is 0 Å². The molecule has 0 bridgehead atoms. The molecule has 2 aromatic carbocycles. The summed E-state index contributed by atoms with van der Waals surface area (Å²) in [7, 11) is 0. The number of nitrogens with one attached hydrogen (secondary N) is 4. The van der Waals surface area contributed by atoms with Gasteiger partial charge in [0.15, 0.2) is 0 Å². The lowest BCUT2D eigenvalue weighted by molar-refractivity contribution is 0.283. The van der Waals surface area contributed by atoms with E-state index in [1.165, 1.54) is 10.8 Å². The van der Waals surface area contributed by atoms with Crippen molar-refractivity contribution in [1.29, 1.82) is 0 Å². The van der Waals surface area contributed by atoms with E-state index in [9.17, 15) is 0 Å². The second kappa shape index (κ2) is 5.32. The Labute approximate surface area is 105 Å². The van der Waals surface area contributed by atoms with Crippen molar-refractivity contribution < 1.29 is 4.74 Å². The number of rotatable bonds is 4. The van der Waals surface area contributed by atoms with Gasteiger partial charge < -0.3 is 4.74 Å². The molecule has 0 amide bonds. The van der Waals surface area contributed by atoms with Gasteiger partial charge in [0.1, 0.15) is 5.75 Å². The van der Waals surface area contributed by atoms with Crippen LogP contribution in [0.4, 0.5) is 0 Å². The smallest absolute Gasteiger partial charge is 0.119 e. The van der Waals surface area contributed by atoms with Gasteiger partial charge in [0.2, 0.25) is 0 Å². The largest absolute Gasteiger partial charge is 0.493 e. The van der Waals surface area contributed by atoms with Crippen molar-refractivity contribution in [1.82, 2.24) is 21.9 Å². The SMILES string of the molecule is c1ccc2cc(OCCC3NNNN3)ccc2c1. The van der Waals surface area contributed by atoms with E-state index in [4.69, 9.17) is 4.74 Å². The van der Waals surface area contributed by atoms with Crippen molar-refractivity contribution >= 4 is 10.8 Å². The van der Waals surface area contributed by atoms with Gasteiger partial charge in [-0.3, -0.25) is 0 Å². The number of hydrazine groups is 3. The zero-order valence-corrected chi connectivity index (χ0v) is 9.94. The molecule has 5 nitrogen and oxygen atoms in total. The van der Waals surface area contributed by atoms with Crippen LogP contribution in [0.3, 0.4) is 0 Å². The Morgan fingerprint density at radius 1 is 0.944 bits per heavy atom. The minimum atomic E-state index is 0.186. The van der Waals surface area contributed by atoms with Gasteiger partial charge in [0.05, 0.1) is 12.8 Å². The molecule has 0 spiro atoms. The van der Waals surface area contributed by atoms with Gasteiger partial charge in [0.25, 0.3) is 0 Å². The molecule has 0 atom stereocenters. The number of hydrogen-bond donors (Lipinski definition) is 4. The zero-order chi connectivity index (χ0) is 12.2. The summed E-state index contributed by atoms with van der Waals surface area (Å²) in [4.78, 5) is 0. The molecule has 1 aliphatic rings. The highest BCUT2D eigenvalue weighted by molar-refractivity contribution is 5.83. The number of fused-ring (bicyclic) bond motifs is 1. The molecular weight excluding hydrogens is 228 g/mol. The molecule has 0 unspecified atom stereocenters. The number of benzene rings is 2. The van der Waals surface area contributed by atoms with Crippen LogP contribution >= 0.6 is 0 Å². The molecule has 0 saturated carbocycles. The van der Waals surface area contributed by atoms with Crippen LogP contribution in [0, 0.1) is 0 Å². The summed E-state index contributed by atoms with van der Waals surface area (Å²) in [6.07, 6.45) is 1.05. The van der Waals surface area contributed by atoms with E-state index in [2.05, 4.69) is 46.2 Å². The Morgan fingerprint density at radius 3 is 2.56 bits per heavy atom. The van der Waals surface area contributed by atoms with Gasteiger partial charge >= 0.3 is 0 Å². The van der Waals surface area contributed by atoms with Crippen molar-refractivity contribution in [2.45, 2.75) is 12.6 Å². The lowest BCUT2D eigenvalue weighted by Gasteiger charge is -2.10. The second-order valence-electron chi connectivity index (χ2n) is 4.24. The highest BCUT2D eigenvalue weighted by atomic mass is 16.5. The molecule has 0 radical (unpaired) electrons. The summed E-state index contributed by atoms with van der Waals surface area (Å²) in [5, 5.41) is 2.44. The summed E-state index contributed by atoms with van der Waals surface area (Å²) in [5.41, 5.74) is 11.6. The maximum atomic E-state index is 5.74. The summed E-state index contributed by atoms with van der Waals surface area (Å²) in [6.45, 7) is 0.659. The van der Waals surface area contributed by atoms with E-state index in [0.717, 1.165) is 12.2 Å². The highest BCUT2D eigenvalue weighted by Gasteiger charge is 2.11. The van der Waals surface area contributed by atoms with Crippen LogP contribution in [0.15, 0.2) is 42.5 Å². The predicted octanol–water partition coefficient (Wildman–Crippen LogP) is 1.05. The minimum Gasteiger partial charge on any atom is -0.493 e. The standard InChI is InChI=1S/C13H16N4O/c1-2-4-11-9-12(6-5-10(11)3-1)18-8-7-13-14-16-17-15-13/h1-6,9,13-17H,7-8H2. The van der Waals surface area contributed by atoms with Crippen LogP contribution in [0.2, 0.25) is 0 Å². The van der Waals surface area contributed by atoms with Crippen molar-refractivity contribution in [2.24, 2.45) is 0 Å². The third-order valence-electron chi connectivity index (χ3n) is 2.95. The molecule has 1 saturated heterocycles. The molecule has 94 valence electrons. The Kier molecular flexibility index (Phi) is 3.38. The van der Waals surface area contributed by atoms with Gasteiger partial charge in [0, 0.05) is 6.42 Å². The first-order chi connectivity index (χ1) is 8.92. The third-order valence-corrected chi connectivity index (χ3v) is 2.95. The first-order valence-corrected chi connectivity index (χ1v) is 6.04. The molecule has 0 aromatic heterocycles. The third kappa shape index (κ3) is 2.60. The molecule has 1 fully saturated rings. The van der Waals surface area contributed by atoms with E-state index in [-0.39, 0.29) is 6.17 Å². The molecule has 0 aliphatic carbocycles. The fourth-order valence-corrected chi connectivity index (χ4v) is 1.98. The number of ether oxygens (including phenoxy) is 1. The summed E-state index contributed by atoms with van der Waals surface area (Å²) in [6, 6.07) is 14.4. The van der Waals surface area contributed by atoms with Crippen LogP contribution in [-0.4, -0.2) is 12.8 Å². The Balaban J connectivity index is 1.60. The highest BCUT2D eigenvalue weighted by Crippen LogP contribution is 2.20. The van der Waals surface area contributed by atoms with Gasteiger partial charge in [-0.2, -0.15) is 11.1 Å². The van der Waals surface area contributed by atoms with E-state index in [1.54, 1.807) is 0 Å². The van der Waals surface area contributed by atoms with Crippen LogP contribution in [-0.2, 0) is 0 Å². The molecule has 18 heavy (non-hydrogen) atoms. The fraction of sp³-hybridized carbons (Fsp3) is 0.231. The topological polar surface area (TPSA) is 57.4 Å². The van der Waals surface area contributed by atoms with Crippen molar-refractivity contribution in [3.8, 4) is 5.75 Å². The van der Waals surface area contributed by atoms with Gasteiger partial charge in [-0.05, 0) is 22.9 Å². The summed E-state index contributed by atoms with van der Waals surface area (Å²) < 4.78 is 5.74. The van der Waals surface area contributed by atoms with Gasteiger partial charge in [-0.15, -0.1) is 0 Å². The van der Waals surface area contributed by atoms with Crippen molar-refractivity contribution in [2.75, 3.05) is 6.61 Å².